The zero-order chi connectivity index (χ0) is 12.3. The molecule has 0 radical (unpaired) electrons. The average Bonchev–Trinajstić information content (AvgIpc) is 2.17. The number of ether oxygens (including phenoxy) is 1. The molecule has 0 aromatic rings. The Kier molecular flexibility index (Phi) is 3.39. The molecule has 0 saturated heterocycles. The van der Waals surface area contributed by atoms with Crippen molar-refractivity contribution in [1.82, 2.24) is 0 Å². The highest BCUT2D eigenvalue weighted by molar-refractivity contribution is 6.03. The molecule has 1 unspecified atom stereocenters. The number of ketones is 1. The third-order valence-corrected chi connectivity index (χ3v) is 1.92. The Labute approximate surface area is 90.2 Å². The molecule has 0 bridgehead atoms. The van der Waals surface area contributed by atoms with Gasteiger partial charge in [0.2, 0.25) is 5.78 Å². The van der Waals surface area contributed by atoms with Gasteiger partial charge < -0.3 is 9.84 Å². The van der Waals surface area contributed by atoms with Gasteiger partial charge in [0.25, 0.3) is 0 Å². The molecule has 86 valence electrons. The lowest BCUT2D eigenvalue weighted by Gasteiger charge is -2.12. The van der Waals surface area contributed by atoms with Crippen molar-refractivity contribution in [2.75, 3.05) is 6.61 Å². The minimum absolute atomic E-state index is 0.0700. The monoisotopic (exact) mass is 227 g/mol. The van der Waals surface area contributed by atoms with Gasteiger partial charge in [0, 0.05) is 4.92 Å². The van der Waals surface area contributed by atoms with Crippen LogP contribution >= 0.6 is 0 Å². The molecule has 0 saturated carbocycles. The maximum absolute atomic E-state index is 11.3. The molecular weight excluding hydrogens is 218 g/mol. The van der Waals surface area contributed by atoms with Crippen LogP contribution in [0.3, 0.4) is 0 Å². The van der Waals surface area contributed by atoms with Crippen LogP contribution in [0, 0.1) is 10.1 Å². The second-order valence-electron chi connectivity index (χ2n) is 2.94. The van der Waals surface area contributed by atoms with Gasteiger partial charge in [-0.15, -0.1) is 0 Å². The molecule has 0 fully saturated rings. The van der Waals surface area contributed by atoms with Gasteiger partial charge in [-0.2, -0.15) is 0 Å². The van der Waals surface area contributed by atoms with E-state index in [-0.39, 0.29) is 12.2 Å². The molecule has 1 rings (SSSR count). The first-order valence-electron chi connectivity index (χ1n) is 4.44. The summed E-state index contributed by atoms with van der Waals surface area (Å²) in [5.41, 5.74) is -0.358. The van der Waals surface area contributed by atoms with E-state index >= 15 is 0 Å². The predicted octanol–water partition coefficient (Wildman–Crippen LogP) is 0.146. The van der Waals surface area contributed by atoms with Crippen molar-refractivity contribution < 1.29 is 24.4 Å². The van der Waals surface area contributed by atoms with E-state index < -0.39 is 28.5 Å². The number of nitro groups is 1. The van der Waals surface area contributed by atoms with E-state index in [1.54, 1.807) is 6.92 Å². The third kappa shape index (κ3) is 2.08. The van der Waals surface area contributed by atoms with Crippen LogP contribution in [0.2, 0.25) is 0 Å². The van der Waals surface area contributed by atoms with Gasteiger partial charge in [-0.05, 0) is 19.1 Å². The Morgan fingerprint density at radius 3 is 2.75 bits per heavy atom. The van der Waals surface area contributed by atoms with Crippen molar-refractivity contribution in [1.29, 1.82) is 0 Å². The Bertz CT molecular complexity index is 408. The van der Waals surface area contributed by atoms with Crippen molar-refractivity contribution in [2.24, 2.45) is 0 Å². The van der Waals surface area contributed by atoms with Gasteiger partial charge >= 0.3 is 12.0 Å². The van der Waals surface area contributed by atoms with Gasteiger partial charge in [-0.1, -0.05) is 0 Å². The SMILES string of the molecule is CCOC(=O)C1=C(O)C([N+](=O)[O-])C(=O)C=C1. The van der Waals surface area contributed by atoms with Gasteiger partial charge in [0.15, 0.2) is 5.76 Å². The number of rotatable bonds is 3. The molecule has 0 spiro atoms. The summed E-state index contributed by atoms with van der Waals surface area (Å²) in [6.07, 6.45) is 1.88. The number of aliphatic hydroxyl groups excluding tert-OH is 1. The fourth-order valence-corrected chi connectivity index (χ4v) is 1.21. The lowest BCUT2D eigenvalue weighted by Crippen LogP contribution is -2.34. The van der Waals surface area contributed by atoms with Crippen LogP contribution in [0.1, 0.15) is 6.92 Å². The molecule has 0 aromatic heterocycles. The molecule has 1 N–H and O–H groups in total. The summed E-state index contributed by atoms with van der Waals surface area (Å²) in [6.45, 7) is 1.62. The van der Waals surface area contributed by atoms with E-state index in [0.29, 0.717) is 0 Å². The average molecular weight is 227 g/mol. The molecule has 1 atom stereocenters. The zero-order valence-electron chi connectivity index (χ0n) is 8.37. The van der Waals surface area contributed by atoms with Crippen LogP contribution < -0.4 is 0 Å². The number of carbonyl (C=O) groups is 2. The Hall–Kier alpha value is -2.18. The van der Waals surface area contributed by atoms with E-state index in [0.717, 1.165) is 12.2 Å². The zero-order valence-corrected chi connectivity index (χ0v) is 8.37. The Balaban J connectivity index is 3.09. The number of nitrogens with zero attached hydrogens (tertiary/aromatic N) is 1. The predicted molar refractivity (Wildman–Crippen MR) is 51.2 cm³/mol. The summed E-state index contributed by atoms with van der Waals surface area (Å²) in [5.74, 6) is -2.65. The van der Waals surface area contributed by atoms with Crippen LogP contribution in [0.5, 0.6) is 0 Å². The molecule has 7 nitrogen and oxygen atoms in total. The highest BCUT2D eigenvalue weighted by Crippen LogP contribution is 2.18. The molecule has 1 aliphatic carbocycles. The summed E-state index contributed by atoms with van der Waals surface area (Å²) in [7, 11) is 0. The molecule has 16 heavy (non-hydrogen) atoms. The first-order valence-corrected chi connectivity index (χ1v) is 4.44. The summed E-state index contributed by atoms with van der Waals surface area (Å²) in [6, 6.07) is -1.91. The third-order valence-electron chi connectivity index (χ3n) is 1.92. The van der Waals surface area contributed by atoms with Crippen molar-refractivity contribution in [3.05, 3.63) is 33.6 Å². The minimum Gasteiger partial charge on any atom is -0.505 e. The number of esters is 1. The number of hydrogen-bond acceptors (Lipinski definition) is 6. The van der Waals surface area contributed by atoms with E-state index in [1.807, 2.05) is 0 Å². The fraction of sp³-hybridized carbons (Fsp3) is 0.333. The van der Waals surface area contributed by atoms with Gasteiger partial charge in [0.1, 0.15) is 5.57 Å². The van der Waals surface area contributed by atoms with E-state index in [2.05, 4.69) is 4.74 Å². The van der Waals surface area contributed by atoms with Crippen LogP contribution in [0.4, 0.5) is 0 Å². The molecule has 0 amide bonds. The lowest BCUT2D eigenvalue weighted by atomic mass is 10.00. The van der Waals surface area contributed by atoms with Gasteiger partial charge in [-0.25, -0.2) is 4.79 Å². The first kappa shape index (κ1) is 11.9. The molecule has 7 heteroatoms. The van der Waals surface area contributed by atoms with Crippen molar-refractivity contribution in [3.8, 4) is 0 Å². The van der Waals surface area contributed by atoms with E-state index in [4.69, 9.17) is 0 Å². The standard InChI is InChI=1S/C9H9NO6/c1-2-16-9(13)5-3-4-6(11)7(8(5)12)10(14)15/h3-4,7,12H,2H2,1H3. The van der Waals surface area contributed by atoms with Crippen LogP contribution in [0.25, 0.3) is 0 Å². The van der Waals surface area contributed by atoms with E-state index in [9.17, 15) is 24.8 Å². The Morgan fingerprint density at radius 2 is 2.25 bits per heavy atom. The summed E-state index contributed by atoms with van der Waals surface area (Å²) < 4.78 is 4.57. The van der Waals surface area contributed by atoms with Crippen molar-refractivity contribution >= 4 is 11.8 Å². The lowest BCUT2D eigenvalue weighted by molar-refractivity contribution is -0.501. The number of aliphatic hydroxyl groups is 1. The van der Waals surface area contributed by atoms with Crippen LogP contribution in [0.15, 0.2) is 23.5 Å². The maximum Gasteiger partial charge on any atom is 0.341 e. The second kappa shape index (κ2) is 4.56. The molecule has 0 aromatic carbocycles. The van der Waals surface area contributed by atoms with Crippen molar-refractivity contribution in [2.45, 2.75) is 13.0 Å². The largest absolute Gasteiger partial charge is 0.505 e. The summed E-state index contributed by atoms with van der Waals surface area (Å²) in [5, 5.41) is 19.9. The maximum atomic E-state index is 11.3. The summed E-state index contributed by atoms with van der Waals surface area (Å²) >= 11 is 0. The van der Waals surface area contributed by atoms with Gasteiger partial charge in [-0.3, -0.25) is 14.9 Å². The molecular formula is C9H9NO6. The number of carbonyl (C=O) groups excluding carboxylic acids is 2. The van der Waals surface area contributed by atoms with Gasteiger partial charge in [0.05, 0.1) is 6.61 Å². The Morgan fingerprint density at radius 1 is 1.62 bits per heavy atom. The highest BCUT2D eigenvalue weighted by atomic mass is 16.6. The number of hydrogen-bond donors (Lipinski definition) is 1. The first-order chi connectivity index (χ1) is 7.49. The molecule has 0 aliphatic heterocycles. The van der Waals surface area contributed by atoms with Crippen molar-refractivity contribution in [3.63, 3.8) is 0 Å². The molecule has 1 aliphatic rings. The highest BCUT2D eigenvalue weighted by Gasteiger charge is 2.39. The second-order valence-corrected chi connectivity index (χ2v) is 2.94. The quantitative estimate of drug-likeness (QED) is 0.417. The normalized spacial score (nSPS) is 19.8. The fourth-order valence-electron chi connectivity index (χ4n) is 1.21. The topological polar surface area (TPSA) is 107 Å². The van der Waals surface area contributed by atoms with E-state index in [1.165, 1.54) is 0 Å². The van der Waals surface area contributed by atoms with Crippen LogP contribution in [-0.4, -0.2) is 34.4 Å². The smallest absolute Gasteiger partial charge is 0.341 e. The minimum atomic E-state index is -1.91. The summed E-state index contributed by atoms with van der Waals surface area (Å²) in [4.78, 5) is 31.9. The van der Waals surface area contributed by atoms with Crippen LogP contribution in [-0.2, 0) is 14.3 Å². The molecule has 0 heterocycles.